The van der Waals surface area contributed by atoms with E-state index in [1.54, 1.807) is 25.1 Å². The molecule has 2 aromatic carbocycles. The number of amides is 1. The van der Waals surface area contributed by atoms with Crippen molar-refractivity contribution in [3.8, 4) is 0 Å². The van der Waals surface area contributed by atoms with Gasteiger partial charge in [0.25, 0.3) is 0 Å². The lowest BCUT2D eigenvalue weighted by Crippen LogP contribution is -2.51. The van der Waals surface area contributed by atoms with E-state index in [1.165, 1.54) is 23.8 Å². The number of benzene rings is 2. The monoisotopic (exact) mass is 597 g/mol. The second-order valence-electron chi connectivity index (χ2n) is 11.5. The molecule has 1 fully saturated rings. The first-order valence-corrected chi connectivity index (χ1v) is 15.5. The normalized spacial score (nSPS) is 17.2. The number of aromatic nitrogens is 1. The zero-order valence-electron chi connectivity index (χ0n) is 26.3. The smallest absolute Gasteiger partial charge is 0.242 e. The van der Waals surface area contributed by atoms with Crippen LogP contribution in [0.3, 0.4) is 0 Å². The Balaban J connectivity index is 1.36. The summed E-state index contributed by atoms with van der Waals surface area (Å²) in [5.41, 5.74) is 7.41. The molecule has 6 nitrogen and oxygen atoms in total. The molecule has 0 bridgehead atoms. The van der Waals surface area contributed by atoms with Crippen molar-refractivity contribution in [1.82, 2.24) is 14.8 Å². The maximum absolute atomic E-state index is 14.1. The van der Waals surface area contributed by atoms with Crippen LogP contribution in [0.15, 0.2) is 65.9 Å². The van der Waals surface area contributed by atoms with Crippen LogP contribution in [0.25, 0.3) is 11.3 Å². The van der Waals surface area contributed by atoms with E-state index in [1.807, 2.05) is 34.5 Å². The van der Waals surface area contributed by atoms with Crippen LogP contribution in [0.1, 0.15) is 55.0 Å². The van der Waals surface area contributed by atoms with Gasteiger partial charge in [-0.05, 0) is 96.5 Å². The molecule has 3 heterocycles. The Labute approximate surface area is 259 Å². The van der Waals surface area contributed by atoms with Gasteiger partial charge in [0.15, 0.2) is 5.82 Å². The summed E-state index contributed by atoms with van der Waals surface area (Å²) >= 11 is 0. The Bertz CT molecular complexity index is 1600. The van der Waals surface area contributed by atoms with Crippen molar-refractivity contribution in [2.75, 3.05) is 37.6 Å². The molecule has 3 aromatic rings. The fourth-order valence-electron chi connectivity index (χ4n) is 5.91. The SMILES string of the molecule is CCC=Nc1c(N2CCN(C(=O)CN3C=C(c4ccc(F)c(C)c4)C(C)C=C3c3ccc(F)cc3)CC2)ncc(CC)c1C. The molecule has 0 N–H and O–H groups in total. The zero-order chi connectivity index (χ0) is 31.4. The number of anilines is 1. The summed E-state index contributed by atoms with van der Waals surface area (Å²) in [6.45, 7) is 12.7. The number of piperazine rings is 1. The number of aliphatic imine (C=N–C) groups is 1. The first kappa shape index (κ1) is 31.1. The van der Waals surface area contributed by atoms with Crippen molar-refractivity contribution in [3.05, 3.63) is 100 Å². The predicted octanol–water partition coefficient (Wildman–Crippen LogP) is 7.33. The van der Waals surface area contributed by atoms with E-state index in [-0.39, 0.29) is 30.0 Å². The molecule has 8 heteroatoms. The molecular weight excluding hydrogens is 556 g/mol. The Kier molecular flexibility index (Phi) is 9.57. The molecule has 1 atom stereocenters. The van der Waals surface area contributed by atoms with Crippen LogP contribution in [-0.2, 0) is 11.2 Å². The predicted molar refractivity (Wildman–Crippen MR) is 175 cm³/mol. The molecule has 1 amide bonds. The summed E-state index contributed by atoms with van der Waals surface area (Å²) in [5, 5.41) is 0. The Morgan fingerprint density at radius 1 is 1.02 bits per heavy atom. The molecule has 2 aliphatic rings. The van der Waals surface area contributed by atoms with Crippen molar-refractivity contribution in [1.29, 1.82) is 0 Å². The Morgan fingerprint density at radius 2 is 1.73 bits per heavy atom. The minimum Gasteiger partial charge on any atom is -0.351 e. The average Bonchev–Trinajstić information content (AvgIpc) is 3.03. The van der Waals surface area contributed by atoms with E-state index in [2.05, 4.69) is 38.7 Å². The van der Waals surface area contributed by atoms with E-state index in [4.69, 9.17) is 9.98 Å². The molecule has 44 heavy (non-hydrogen) atoms. The maximum Gasteiger partial charge on any atom is 0.242 e. The van der Waals surface area contributed by atoms with Crippen molar-refractivity contribution in [3.63, 3.8) is 0 Å². The lowest BCUT2D eigenvalue weighted by molar-refractivity contribution is -0.131. The van der Waals surface area contributed by atoms with Crippen molar-refractivity contribution in [2.24, 2.45) is 10.9 Å². The summed E-state index contributed by atoms with van der Waals surface area (Å²) in [4.78, 5) is 29.4. The molecule has 5 rings (SSSR count). The maximum atomic E-state index is 14.1. The van der Waals surface area contributed by atoms with E-state index in [9.17, 15) is 13.6 Å². The van der Waals surface area contributed by atoms with E-state index in [0.717, 1.165) is 52.3 Å². The number of rotatable bonds is 8. The first-order valence-electron chi connectivity index (χ1n) is 15.5. The van der Waals surface area contributed by atoms with E-state index >= 15 is 0 Å². The largest absolute Gasteiger partial charge is 0.351 e. The fourth-order valence-corrected chi connectivity index (χ4v) is 5.91. The fraction of sp³-hybridized carbons (Fsp3) is 0.361. The lowest BCUT2D eigenvalue weighted by atomic mass is 9.89. The van der Waals surface area contributed by atoms with Gasteiger partial charge >= 0.3 is 0 Å². The topological polar surface area (TPSA) is 52.0 Å². The molecule has 1 saturated heterocycles. The highest BCUT2D eigenvalue weighted by molar-refractivity contribution is 5.84. The number of aryl methyl sites for hydroxylation is 2. The first-order chi connectivity index (χ1) is 21.2. The Hall–Kier alpha value is -4.33. The van der Waals surface area contributed by atoms with Gasteiger partial charge in [0.05, 0.1) is 0 Å². The van der Waals surface area contributed by atoms with Crippen LogP contribution in [0, 0.1) is 31.4 Å². The molecule has 0 radical (unpaired) electrons. The van der Waals surface area contributed by atoms with Gasteiger partial charge in [-0.2, -0.15) is 0 Å². The van der Waals surface area contributed by atoms with Crippen molar-refractivity contribution >= 4 is 34.9 Å². The van der Waals surface area contributed by atoms with Crippen LogP contribution < -0.4 is 4.90 Å². The van der Waals surface area contributed by atoms with Crippen molar-refractivity contribution < 1.29 is 13.6 Å². The van der Waals surface area contributed by atoms with Gasteiger partial charge in [-0.1, -0.05) is 32.9 Å². The molecule has 1 unspecified atom stereocenters. The number of pyridine rings is 1. The zero-order valence-corrected chi connectivity index (χ0v) is 26.3. The van der Waals surface area contributed by atoms with Gasteiger partial charge < -0.3 is 14.7 Å². The van der Waals surface area contributed by atoms with Gasteiger partial charge in [-0.15, -0.1) is 0 Å². The number of hydrogen-bond acceptors (Lipinski definition) is 5. The molecule has 1 aromatic heterocycles. The number of halogens is 2. The summed E-state index contributed by atoms with van der Waals surface area (Å²) < 4.78 is 27.8. The van der Waals surface area contributed by atoms with Gasteiger partial charge in [0, 0.05) is 56.4 Å². The molecule has 230 valence electrons. The minimum atomic E-state index is -0.311. The highest BCUT2D eigenvalue weighted by atomic mass is 19.1. The van der Waals surface area contributed by atoms with Crippen LogP contribution in [0.5, 0.6) is 0 Å². The molecule has 0 saturated carbocycles. The number of allylic oxidation sites excluding steroid dienone is 2. The highest BCUT2D eigenvalue weighted by Crippen LogP contribution is 2.36. The minimum absolute atomic E-state index is 0.00722. The molecule has 2 aliphatic heterocycles. The number of carbonyl (C=O) groups excluding carboxylic acids is 1. The van der Waals surface area contributed by atoms with Crippen LogP contribution in [0.2, 0.25) is 0 Å². The van der Waals surface area contributed by atoms with Gasteiger partial charge in [-0.25, -0.2) is 13.8 Å². The quantitative estimate of drug-likeness (QED) is 0.255. The van der Waals surface area contributed by atoms with Gasteiger partial charge in [0.1, 0.15) is 23.9 Å². The summed E-state index contributed by atoms with van der Waals surface area (Å²) in [6.07, 6.45) is 9.70. The van der Waals surface area contributed by atoms with Crippen molar-refractivity contribution in [2.45, 2.75) is 47.5 Å². The second-order valence-corrected chi connectivity index (χ2v) is 11.5. The van der Waals surface area contributed by atoms with Crippen LogP contribution in [0.4, 0.5) is 20.3 Å². The standard InChI is InChI=1S/C36H41F2N5O/c1-6-14-39-35-26(5)27(7-2)21-40-36(35)42-17-15-41(16-18-42)34(44)23-43-22-31(29-10-13-32(38)25(4)19-29)24(3)20-33(43)28-8-11-30(37)12-9-28/h8-14,19-22,24H,6-7,15-18,23H2,1-5H3. The van der Waals surface area contributed by atoms with Gasteiger partial charge in [0.2, 0.25) is 5.91 Å². The summed E-state index contributed by atoms with van der Waals surface area (Å²) in [6, 6.07) is 11.5. The van der Waals surface area contributed by atoms with Crippen LogP contribution in [-0.4, -0.2) is 59.6 Å². The third kappa shape index (κ3) is 6.59. The molecular formula is C36H41F2N5O. The summed E-state index contributed by atoms with van der Waals surface area (Å²) in [7, 11) is 0. The number of hydrogen-bond donors (Lipinski definition) is 0. The number of carbonyl (C=O) groups is 1. The second kappa shape index (κ2) is 13.5. The third-order valence-corrected chi connectivity index (χ3v) is 8.55. The molecule has 0 aliphatic carbocycles. The number of nitrogens with zero attached hydrogens (tertiary/aromatic N) is 5. The van der Waals surface area contributed by atoms with E-state index < -0.39 is 0 Å². The summed E-state index contributed by atoms with van der Waals surface area (Å²) in [5.74, 6) is 0.323. The van der Waals surface area contributed by atoms with Crippen LogP contribution >= 0.6 is 0 Å². The lowest BCUT2D eigenvalue weighted by Gasteiger charge is -2.38. The van der Waals surface area contributed by atoms with E-state index in [0.29, 0.717) is 31.7 Å². The highest BCUT2D eigenvalue weighted by Gasteiger charge is 2.28. The third-order valence-electron chi connectivity index (χ3n) is 8.55. The molecule has 0 spiro atoms. The van der Waals surface area contributed by atoms with Gasteiger partial charge in [-0.3, -0.25) is 9.79 Å². The Morgan fingerprint density at radius 3 is 2.39 bits per heavy atom. The average molecular weight is 598 g/mol.